The summed E-state index contributed by atoms with van der Waals surface area (Å²) in [5, 5.41) is 18.0. The third kappa shape index (κ3) is 6.43. The maximum atomic E-state index is 14.7. The van der Waals surface area contributed by atoms with Crippen LogP contribution in [-0.2, 0) is 13.2 Å². The Balaban J connectivity index is 1.76. The van der Waals surface area contributed by atoms with Gasteiger partial charge in [0.25, 0.3) is 11.8 Å². The molecule has 3 unspecified atom stereocenters. The number of ether oxygens (including phenoxy) is 1. The highest BCUT2D eigenvalue weighted by Crippen LogP contribution is 2.53. The number of benzene rings is 1. The van der Waals surface area contributed by atoms with Gasteiger partial charge in [0, 0.05) is 18.8 Å². The molecule has 0 saturated heterocycles. The van der Waals surface area contributed by atoms with Crippen molar-refractivity contribution in [3.8, 4) is 28.9 Å². The highest BCUT2D eigenvalue weighted by Gasteiger charge is 2.81. The van der Waals surface area contributed by atoms with Crippen molar-refractivity contribution in [3.63, 3.8) is 0 Å². The number of nitriles is 1. The number of halogens is 15. The summed E-state index contributed by atoms with van der Waals surface area (Å²) in [5.74, 6) is -4.78. The lowest BCUT2D eigenvalue weighted by atomic mass is 9.93. The summed E-state index contributed by atoms with van der Waals surface area (Å²) in [6.45, 7) is 0. The van der Waals surface area contributed by atoms with Gasteiger partial charge in [0.05, 0.1) is 22.9 Å². The lowest BCUT2D eigenvalue weighted by Crippen LogP contribution is -2.67. The smallest absolute Gasteiger partial charge is 0.410 e. The third-order valence-electron chi connectivity index (χ3n) is 6.94. The second-order valence-electron chi connectivity index (χ2n) is 10.3. The summed E-state index contributed by atoms with van der Waals surface area (Å²) in [7, 11) is 0.580. The van der Waals surface area contributed by atoms with E-state index in [1.54, 1.807) is 0 Å². The first-order valence-electron chi connectivity index (χ1n) is 12.7. The van der Waals surface area contributed by atoms with Gasteiger partial charge in [-0.15, -0.1) is 5.10 Å². The van der Waals surface area contributed by atoms with Gasteiger partial charge in [0.1, 0.15) is 5.54 Å². The van der Waals surface area contributed by atoms with Crippen molar-refractivity contribution in [1.82, 2.24) is 24.9 Å². The molecule has 2 aromatic heterocycles. The maximum absolute atomic E-state index is 14.7. The predicted octanol–water partition coefficient (Wildman–Crippen LogP) is 7.21. The molecule has 0 radical (unpaired) electrons. The Kier molecular flexibility index (Phi) is 8.90. The van der Waals surface area contributed by atoms with Crippen LogP contribution < -0.4 is 10.1 Å². The van der Waals surface area contributed by atoms with Crippen molar-refractivity contribution >= 4 is 17.5 Å². The van der Waals surface area contributed by atoms with Crippen molar-refractivity contribution in [1.29, 1.82) is 5.26 Å². The predicted molar refractivity (Wildman–Crippen MR) is 132 cm³/mol. The highest BCUT2D eigenvalue weighted by atomic mass is 35.5. The molecular weight excluding hydrogens is 718 g/mol. The summed E-state index contributed by atoms with van der Waals surface area (Å²) in [6.07, 6.45) is -35.9. The van der Waals surface area contributed by atoms with Gasteiger partial charge >= 0.3 is 30.3 Å². The third-order valence-corrected chi connectivity index (χ3v) is 7.27. The number of amides is 1. The number of hydrogen-bond donors (Lipinski definition) is 1. The molecule has 1 aliphatic rings. The fourth-order valence-corrected chi connectivity index (χ4v) is 4.46. The minimum atomic E-state index is -7.39. The molecule has 1 saturated carbocycles. The molecule has 0 aliphatic heterocycles. The minimum Gasteiger partial charge on any atom is -0.410 e. The number of aromatic nitrogens is 4. The van der Waals surface area contributed by atoms with Crippen molar-refractivity contribution in [2.45, 2.75) is 61.0 Å². The molecule has 3 atom stereocenters. The second kappa shape index (κ2) is 11.7. The Hall–Kier alpha value is -4.29. The first-order valence-corrected chi connectivity index (χ1v) is 13.1. The molecule has 1 N–H and O–H groups in total. The number of rotatable bonds is 9. The zero-order valence-electron chi connectivity index (χ0n) is 23.2. The van der Waals surface area contributed by atoms with Crippen LogP contribution in [-0.4, -0.2) is 67.5 Å². The van der Waals surface area contributed by atoms with Crippen LogP contribution in [0.25, 0.3) is 16.9 Å². The van der Waals surface area contributed by atoms with E-state index in [4.69, 9.17) is 11.6 Å². The van der Waals surface area contributed by atoms with Crippen LogP contribution in [0.5, 0.6) is 5.88 Å². The quantitative estimate of drug-likeness (QED) is 0.235. The molecule has 1 aliphatic carbocycles. The SMILES string of the molecule is Cn1nc(OC(F)(F)C(F)(C(F)C(F)C(F)(F)F)C(F)(F)F)c(C(F)(F)F)c1-n1cc(-c2ccc(Cl)c(C(=O)NC3(C#N)CC3)c2)cn1. The topological polar surface area (TPSA) is 97.8 Å². The van der Waals surface area contributed by atoms with Crippen LogP contribution in [0.3, 0.4) is 0 Å². The molecule has 262 valence electrons. The molecule has 3 aromatic rings. The Morgan fingerprint density at radius 1 is 1.02 bits per heavy atom. The first-order chi connectivity index (χ1) is 21.8. The van der Waals surface area contributed by atoms with Gasteiger partial charge in [-0.1, -0.05) is 17.7 Å². The number of nitrogens with one attached hydrogen (secondary N) is 1. The van der Waals surface area contributed by atoms with E-state index in [0.29, 0.717) is 19.9 Å². The Labute approximate surface area is 262 Å². The van der Waals surface area contributed by atoms with Gasteiger partial charge in [-0.25, -0.2) is 22.5 Å². The fraction of sp³-hybridized carbons (Fsp3) is 0.440. The van der Waals surface area contributed by atoms with Crippen LogP contribution in [0.2, 0.25) is 5.02 Å². The molecule has 1 amide bonds. The lowest BCUT2D eigenvalue weighted by Gasteiger charge is -2.37. The van der Waals surface area contributed by atoms with Gasteiger partial charge in [0.15, 0.2) is 17.6 Å². The largest absolute Gasteiger partial charge is 0.446 e. The zero-order valence-corrected chi connectivity index (χ0v) is 23.9. The molecule has 2 heterocycles. The summed E-state index contributed by atoms with van der Waals surface area (Å²) in [4.78, 5) is 12.7. The van der Waals surface area contributed by atoms with Gasteiger partial charge < -0.3 is 10.1 Å². The Bertz CT molecular complexity index is 1750. The number of alkyl halides is 14. The molecular formula is C25H15ClF14N6O2. The van der Waals surface area contributed by atoms with Gasteiger partial charge in [-0.05, 0) is 30.5 Å². The van der Waals surface area contributed by atoms with E-state index in [1.807, 2.05) is 6.07 Å². The molecule has 4 rings (SSSR count). The van der Waals surface area contributed by atoms with E-state index in [0.717, 1.165) is 18.5 Å². The molecule has 8 nitrogen and oxygen atoms in total. The highest BCUT2D eigenvalue weighted by molar-refractivity contribution is 6.34. The van der Waals surface area contributed by atoms with Crippen molar-refractivity contribution in [3.05, 3.63) is 46.7 Å². The number of carbonyl (C=O) groups is 1. The molecule has 0 spiro atoms. The maximum Gasteiger partial charge on any atom is 0.446 e. The van der Waals surface area contributed by atoms with Gasteiger partial charge in [-0.3, -0.25) is 4.79 Å². The molecule has 1 aromatic carbocycles. The van der Waals surface area contributed by atoms with Crippen molar-refractivity contribution < 1.29 is 71.0 Å². The lowest BCUT2D eigenvalue weighted by molar-refractivity contribution is -0.384. The number of hydrogen-bond acceptors (Lipinski definition) is 5. The van der Waals surface area contributed by atoms with E-state index in [-0.39, 0.29) is 31.1 Å². The van der Waals surface area contributed by atoms with Crippen LogP contribution in [0.4, 0.5) is 61.5 Å². The number of aryl methyl sites for hydroxylation is 1. The standard InChI is InChI=1S/C25H15ClF14N6O2/c1-45-19(46-8-11(7-42-46)10-2-3-13(26)12(6-10)17(47)43-20(9-41)4-5-20)14(22(30,31)32)18(44-45)48-25(39,40)21(29,24(36,37)38)15(27)16(28)23(33,34)35/h2-3,6-8,15-16H,4-5H2,1H3,(H,43,47). The zero-order chi connectivity index (χ0) is 36.4. The van der Waals surface area contributed by atoms with E-state index in [2.05, 4.69) is 20.3 Å². The summed E-state index contributed by atoms with van der Waals surface area (Å²) < 4.78 is 195. The average Bonchev–Trinajstić information content (AvgIpc) is 3.40. The Morgan fingerprint density at radius 2 is 1.62 bits per heavy atom. The van der Waals surface area contributed by atoms with Crippen molar-refractivity contribution in [2.24, 2.45) is 7.05 Å². The van der Waals surface area contributed by atoms with Crippen LogP contribution >= 0.6 is 11.6 Å². The van der Waals surface area contributed by atoms with Crippen LogP contribution in [0, 0.1) is 11.3 Å². The minimum absolute atomic E-state index is 0.0385. The second-order valence-corrected chi connectivity index (χ2v) is 10.7. The number of nitrogens with zero attached hydrogens (tertiary/aromatic N) is 5. The van der Waals surface area contributed by atoms with E-state index in [9.17, 15) is 71.5 Å². The fourth-order valence-electron chi connectivity index (χ4n) is 4.26. The van der Waals surface area contributed by atoms with E-state index in [1.165, 1.54) is 12.1 Å². The van der Waals surface area contributed by atoms with Crippen LogP contribution in [0.1, 0.15) is 28.8 Å². The summed E-state index contributed by atoms with van der Waals surface area (Å²) in [5.41, 5.74) is -11.1. The van der Waals surface area contributed by atoms with Crippen LogP contribution in [0.15, 0.2) is 30.6 Å². The molecule has 1 fully saturated rings. The van der Waals surface area contributed by atoms with E-state index < -0.39 is 71.4 Å². The first kappa shape index (κ1) is 36.5. The molecule has 0 bridgehead atoms. The number of carbonyl (C=O) groups excluding carboxylic acids is 1. The normalized spacial score (nSPS) is 17.6. The van der Waals surface area contributed by atoms with Gasteiger partial charge in [-0.2, -0.15) is 58.7 Å². The monoisotopic (exact) mass is 732 g/mol. The molecule has 48 heavy (non-hydrogen) atoms. The summed E-state index contributed by atoms with van der Waals surface area (Å²) in [6, 6.07) is 5.49. The average molecular weight is 733 g/mol. The molecule has 23 heteroatoms. The van der Waals surface area contributed by atoms with Crippen molar-refractivity contribution in [2.75, 3.05) is 0 Å². The van der Waals surface area contributed by atoms with Gasteiger partial charge in [0.2, 0.25) is 6.17 Å². The van der Waals surface area contributed by atoms with E-state index >= 15 is 0 Å². The summed E-state index contributed by atoms with van der Waals surface area (Å²) >= 11 is 6.07. The Morgan fingerprint density at radius 3 is 2.12 bits per heavy atom.